The first-order valence-electron chi connectivity index (χ1n) is 4.72. The summed E-state index contributed by atoms with van der Waals surface area (Å²) < 4.78 is 0. The van der Waals surface area contributed by atoms with Gasteiger partial charge in [0.25, 0.3) is 0 Å². The number of hydrogen-bond acceptors (Lipinski definition) is 0. The van der Waals surface area contributed by atoms with Gasteiger partial charge in [0.15, 0.2) is 0 Å². The van der Waals surface area contributed by atoms with Crippen molar-refractivity contribution in [3.8, 4) is 0 Å². The van der Waals surface area contributed by atoms with E-state index in [-0.39, 0.29) is 0 Å². The minimum absolute atomic E-state index is 0.993. The number of aryl methyl sites for hydroxylation is 2. The van der Waals surface area contributed by atoms with Crippen LogP contribution in [-0.4, -0.2) is 6.54 Å². The molecule has 1 aromatic rings. The van der Waals surface area contributed by atoms with Crippen LogP contribution in [0.2, 0.25) is 0 Å². The fourth-order valence-electron chi connectivity index (χ4n) is 1.55. The Morgan fingerprint density at radius 3 is 2.38 bits per heavy atom. The van der Waals surface area contributed by atoms with Gasteiger partial charge >= 0.3 is 0 Å². The number of quaternary nitrogens is 1. The second-order valence-electron chi connectivity index (χ2n) is 3.51. The van der Waals surface area contributed by atoms with Crippen LogP contribution in [0, 0.1) is 13.8 Å². The molecule has 13 heavy (non-hydrogen) atoms. The van der Waals surface area contributed by atoms with Crippen LogP contribution in [0.5, 0.6) is 0 Å². The van der Waals surface area contributed by atoms with Crippen molar-refractivity contribution >= 4 is 0 Å². The maximum Gasteiger partial charge on any atom is 0.101 e. The third-order valence-electron chi connectivity index (χ3n) is 1.99. The van der Waals surface area contributed by atoms with Crippen molar-refractivity contribution in [1.82, 2.24) is 0 Å². The van der Waals surface area contributed by atoms with Crippen molar-refractivity contribution in [2.24, 2.45) is 0 Å². The lowest BCUT2D eigenvalue weighted by molar-refractivity contribution is -0.662. The van der Waals surface area contributed by atoms with Crippen molar-refractivity contribution in [2.45, 2.75) is 20.4 Å². The van der Waals surface area contributed by atoms with Crippen LogP contribution >= 0.6 is 0 Å². The zero-order chi connectivity index (χ0) is 9.68. The molecule has 0 aliphatic carbocycles. The molecule has 1 nitrogen and oxygen atoms in total. The van der Waals surface area contributed by atoms with E-state index in [0.717, 1.165) is 13.1 Å². The van der Waals surface area contributed by atoms with Crippen LogP contribution in [0.15, 0.2) is 30.9 Å². The molecule has 1 heteroatoms. The van der Waals surface area contributed by atoms with Gasteiger partial charge in [0.2, 0.25) is 0 Å². The van der Waals surface area contributed by atoms with E-state index in [1.165, 1.54) is 16.7 Å². The number of nitrogens with two attached hydrogens (primary N) is 1. The molecule has 0 radical (unpaired) electrons. The molecule has 0 fully saturated rings. The van der Waals surface area contributed by atoms with Gasteiger partial charge in [0.1, 0.15) is 6.54 Å². The summed E-state index contributed by atoms with van der Waals surface area (Å²) in [6.45, 7) is 10.0. The van der Waals surface area contributed by atoms with Gasteiger partial charge < -0.3 is 5.32 Å². The highest BCUT2D eigenvalue weighted by Gasteiger charge is 1.96. The Morgan fingerprint density at radius 1 is 1.23 bits per heavy atom. The molecule has 0 aliphatic heterocycles. The summed E-state index contributed by atoms with van der Waals surface area (Å²) in [5.74, 6) is 0. The molecule has 1 rings (SSSR count). The Bertz CT molecular complexity index is 269. The zero-order valence-electron chi connectivity index (χ0n) is 8.51. The molecule has 1 aromatic carbocycles. The Hall–Kier alpha value is -1.08. The Kier molecular flexibility index (Phi) is 3.71. The van der Waals surface area contributed by atoms with Crippen LogP contribution in [0.3, 0.4) is 0 Å². The molecule has 0 atom stereocenters. The zero-order valence-corrected chi connectivity index (χ0v) is 8.51. The molecule has 0 saturated heterocycles. The molecule has 0 amide bonds. The summed E-state index contributed by atoms with van der Waals surface area (Å²) in [5, 5.41) is 2.25. The lowest BCUT2D eigenvalue weighted by atomic mass is 10.1. The van der Waals surface area contributed by atoms with E-state index >= 15 is 0 Å². The minimum atomic E-state index is 0.993. The van der Waals surface area contributed by atoms with Gasteiger partial charge in [-0.25, -0.2) is 0 Å². The largest absolute Gasteiger partial charge is 0.339 e. The first-order valence-corrected chi connectivity index (χ1v) is 4.72. The highest BCUT2D eigenvalue weighted by Crippen LogP contribution is 2.07. The molecule has 0 spiro atoms. The molecule has 0 heterocycles. The predicted molar refractivity (Wildman–Crippen MR) is 56.6 cm³/mol. The molecule has 2 N–H and O–H groups in total. The van der Waals surface area contributed by atoms with E-state index in [9.17, 15) is 0 Å². The lowest BCUT2D eigenvalue weighted by Gasteiger charge is -2.02. The van der Waals surface area contributed by atoms with Gasteiger partial charge in [0, 0.05) is 5.56 Å². The highest BCUT2D eigenvalue weighted by atomic mass is 14.8. The van der Waals surface area contributed by atoms with Crippen molar-refractivity contribution in [3.05, 3.63) is 47.5 Å². The van der Waals surface area contributed by atoms with E-state index in [4.69, 9.17) is 0 Å². The summed E-state index contributed by atoms with van der Waals surface area (Å²) in [6.07, 6.45) is 1.93. The molecule has 0 aliphatic rings. The molecular weight excluding hydrogens is 158 g/mol. The fourth-order valence-corrected chi connectivity index (χ4v) is 1.55. The van der Waals surface area contributed by atoms with Crippen LogP contribution in [0.25, 0.3) is 0 Å². The van der Waals surface area contributed by atoms with Gasteiger partial charge in [-0.15, -0.1) is 0 Å². The fraction of sp³-hybridized carbons (Fsp3) is 0.333. The van der Waals surface area contributed by atoms with E-state index in [1.807, 2.05) is 6.08 Å². The number of rotatable bonds is 4. The molecular formula is C12H18N+. The smallest absolute Gasteiger partial charge is 0.101 e. The van der Waals surface area contributed by atoms with Gasteiger partial charge in [-0.3, -0.25) is 0 Å². The van der Waals surface area contributed by atoms with E-state index in [0.29, 0.717) is 0 Å². The highest BCUT2D eigenvalue weighted by molar-refractivity contribution is 5.27. The molecule has 0 unspecified atom stereocenters. The van der Waals surface area contributed by atoms with Gasteiger partial charge in [-0.2, -0.15) is 0 Å². The second-order valence-corrected chi connectivity index (χ2v) is 3.51. The molecule has 0 aromatic heterocycles. The number of benzene rings is 1. The standard InChI is InChI=1S/C12H17N/c1-4-5-13-9-12-7-10(2)6-11(3)8-12/h4,6-8,13H,1,5,9H2,2-3H3/p+1. The summed E-state index contributed by atoms with van der Waals surface area (Å²) in [6, 6.07) is 6.69. The van der Waals surface area contributed by atoms with E-state index in [1.54, 1.807) is 0 Å². The quantitative estimate of drug-likeness (QED) is 0.529. The Balaban J connectivity index is 2.60. The van der Waals surface area contributed by atoms with Crippen molar-refractivity contribution in [2.75, 3.05) is 6.54 Å². The van der Waals surface area contributed by atoms with Gasteiger partial charge in [-0.1, -0.05) is 35.9 Å². The summed E-state index contributed by atoms with van der Waals surface area (Å²) in [4.78, 5) is 0. The SMILES string of the molecule is C=CC[NH2+]Cc1cc(C)cc(C)c1. The average Bonchev–Trinajstić information content (AvgIpc) is 2.03. The molecule has 70 valence electrons. The monoisotopic (exact) mass is 176 g/mol. The summed E-state index contributed by atoms with van der Waals surface area (Å²) >= 11 is 0. The Morgan fingerprint density at radius 2 is 1.85 bits per heavy atom. The third-order valence-corrected chi connectivity index (χ3v) is 1.99. The predicted octanol–water partition coefficient (Wildman–Crippen LogP) is 1.55. The Labute approximate surface area is 80.5 Å². The van der Waals surface area contributed by atoms with Gasteiger partial charge in [-0.05, 0) is 19.9 Å². The summed E-state index contributed by atoms with van der Waals surface area (Å²) in [5.41, 5.74) is 4.10. The van der Waals surface area contributed by atoms with Crippen LogP contribution < -0.4 is 5.32 Å². The second kappa shape index (κ2) is 4.83. The maximum absolute atomic E-state index is 3.70. The van der Waals surface area contributed by atoms with Crippen LogP contribution in [0.4, 0.5) is 0 Å². The van der Waals surface area contributed by atoms with Crippen molar-refractivity contribution in [1.29, 1.82) is 0 Å². The van der Waals surface area contributed by atoms with Crippen LogP contribution in [0.1, 0.15) is 16.7 Å². The number of hydrogen-bond donors (Lipinski definition) is 1. The third kappa shape index (κ3) is 3.43. The van der Waals surface area contributed by atoms with E-state index in [2.05, 4.69) is 43.9 Å². The van der Waals surface area contributed by atoms with E-state index < -0.39 is 0 Å². The lowest BCUT2D eigenvalue weighted by Crippen LogP contribution is -2.82. The maximum atomic E-state index is 3.70. The minimum Gasteiger partial charge on any atom is -0.339 e. The first-order chi connectivity index (χ1) is 6.22. The van der Waals surface area contributed by atoms with Crippen LogP contribution in [-0.2, 0) is 6.54 Å². The average molecular weight is 176 g/mol. The van der Waals surface area contributed by atoms with Crippen molar-refractivity contribution < 1.29 is 5.32 Å². The molecule has 0 bridgehead atoms. The topological polar surface area (TPSA) is 16.6 Å². The normalized spacial score (nSPS) is 10.0. The first kappa shape index (κ1) is 10.0. The van der Waals surface area contributed by atoms with Crippen molar-refractivity contribution in [3.63, 3.8) is 0 Å². The van der Waals surface area contributed by atoms with Gasteiger partial charge in [0.05, 0.1) is 6.54 Å². The molecule has 0 saturated carbocycles. The summed E-state index contributed by atoms with van der Waals surface area (Å²) in [7, 11) is 0.